The molecule has 0 unspecified atom stereocenters. The van der Waals surface area contributed by atoms with E-state index in [1.807, 2.05) is 0 Å². The van der Waals surface area contributed by atoms with Crippen LogP contribution in [0.1, 0.15) is 6.42 Å². The summed E-state index contributed by atoms with van der Waals surface area (Å²) in [5.74, 6) is -0.212. The van der Waals surface area contributed by atoms with Gasteiger partial charge in [-0.25, -0.2) is 8.42 Å². The summed E-state index contributed by atoms with van der Waals surface area (Å²) in [5.41, 5.74) is 4.95. The first-order valence-corrected chi connectivity index (χ1v) is 7.57. The summed E-state index contributed by atoms with van der Waals surface area (Å²) in [4.78, 5) is 21.1. The Morgan fingerprint density at radius 2 is 2.05 bits per heavy atom. The molecule has 0 spiro atoms. The SMILES string of the molecule is Nc1cc(S(=O)(=O)N2CCNC(=O)CC2)ccc1[N+](=O)[O-]. The van der Waals surface area contributed by atoms with Crippen molar-refractivity contribution in [1.29, 1.82) is 0 Å². The lowest BCUT2D eigenvalue weighted by molar-refractivity contribution is -0.383. The van der Waals surface area contributed by atoms with E-state index in [2.05, 4.69) is 5.32 Å². The Balaban J connectivity index is 2.33. The quantitative estimate of drug-likeness (QED) is 0.446. The summed E-state index contributed by atoms with van der Waals surface area (Å²) in [6.07, 6.45) is 0.0711. The van der Waals surface area contributed by atoms with Crippen molar-refractivity contribution in [1.82, 2.24) is 9.62 Å². The number of nitrogen functional groups attached to an aromatic ring is 1. The predicted octanol–water partition coefficient (Wildman–Crippen LogP) is -0.312. The second-order valence-electron chi connectivity index (χ2n) is 4.48. The van der Waals surface area contributed by atoms with Crippen molar-refractivity contribution in [3.05, 3.63) is 28.3 Å². The average molecular weight is 314 g/mol. The number of nitrogens with two attached hydrogens (primary N) is 1. The van der Waals surface area contributed by atoms with Crippen LogP contribution >= 0.6 is 0 Å². The number of nitrogens with one attached hydrogen (secondary N) is 1. The molecular weight excluding hydrogens is 300 g/mol. The number of benzene rings is 1. The van der Waals surface area contributed by atoms with Gasteiger partial charge in [0.25, 0.3) is 5.69 Å². The van der Waals surface area contributed by atoms with Crippen LogP contribution in [0.25, 0.3) is 0 Å². The van der Waals surface area contributed by atoms with Crippen molar-refractivity contribution in [3.8, 4) is 0 Å². The Morgan fingerprint density at radius 3 is 2.67 bits per heavy atom. The molecule has 1 fully saturated rings. The maximum atomic E-state index is 12.4. The van der Waals surface area contributed by atoms with E-state index in [0.29, 0.717) is 0 Å². The molecule has 10 heteroatoms. The molecule has 1 amide bonds. The molecule has 1 aromatic carbocycles. The Hall–Kier alpha value is -2.20. The number of sulfonamides is 1. The second kappa shape index (κ2) is 5.66. The van der Waals surface area contributed by atoms with Crippen molar-refractivity contribution < 1.29 is 18.1 Å². The molecule has 3 N–H and O–H groups in total. The van der Waals surface area contributed by atoms with Crippen LogP contribution in [0.5, 0.6) is 0 Å². The molecule has 0 saturated carbocycles. The van der Waals surface area contributed by atoms with Crippen LogP contribution in [-0.4, -0.2) is 43.2 Å². The van der Waals surface area contributed by atoms with Crippen LogP contribution in [0.4, 0.5) is 11.4 Å². The molecule has 9 nitrogen and oxygen atoms in total. The van der Waals surface area contributed by atoms with Crippen molar-refractivity contribution in [2.75, 3.05) is 25.4 Å². The van der Waals surface area contributed by atoms with Gasteiger partial charge in [-0.2, -0.15) is 4.31 Å². The van der Waals surface area contributed by atoms with Gasteiger partial charge in [-0.1, -0.05) is 0 Å². The fraction of sp³-hybridized carbons (Fsp3) is 0.364. The van der Waals surface area contributed by atoms with Crippen molar-refractivity contribution in [2.45, 2.75) is 11.3 Å². The van der Waals surface area contributed by atoms with E-state index >= 15 is 0 Å². The highest BCUT2D eigenvalue weighted by molar-refractivity contribution is 7.89. The van der Waals surface area contributed by atoms with E-state index in [1.165, 1.54) is 0 Å². The third-order valence-electron chi connectivity index (χ3n) is 3.11. The van der Waals surface area contributed by atoms with Crippen molar-refractivity contribution in [2.24, 2.45) is 0 Å². The van der Waals surface area contributed by atoms with E-state index in [9.17, 15) is 23.3 Å². The van der Waals surface area contributed by atoms with Crippen molar-refractivity contribution in [3.63, 3.8) is 0 Å². The summed E-state index contributed by atoms with van der Waals surface area (Å²) in [7, 11) is -3.84. The number of amides is 1. The standard InChI is InChI=1S/C11H14N4O5S/c12-9-7-8(1-2-10(9)15(17)18)21(19,20)14-5-3-11(16)13-4-6-14/h1-2,7H,3-6,12H2,(H,13,16). The Bertz CT molecular complexity index is 688. The molecule has 0 aliphatic carbocycles. The van der Waals surface area contributed by atoms with Gasteiger partial charge in [0.2, 0.25) is 15.9 Å². The number of nitro groups is 1. The number of carbonyl (C=O) groups excluding carboxylic acids is 1. The third kappa shape index (κ3) is 3.11. The molecule has 0 aromatic heterocycles. The highest BCUT2D eigenvalue weighted by Crippen LogP contribution is 2.26. The zero-order chi connectivity index (χ0) is 15.6. The Labute approximate surface area is 120 Å². The maximum absolute atomic E-state index is 12.4. The fourth-order valence-corrected chi connectivity index (χ4v) is 3.47. The molecule has 1 aliphatic heterocycles. The minimum atomic E-state index is -3.84. The van der Waals surface area contributed by atoms with Crippen LogP contribution < -0.4 is 11.1 Å². The van der Waals surface area contributed by atoms with Gasteiger partial charge < -0.3 is 11.1 Å². The normalized spacial score (nSPS) is 17.0. The molecule has 1 aliphatic rings. The van der Waals surface area contributed by atoms with Crippen LogP contribution in [0.15, 0.2) is 23.1 Å². The molecule has 21 heavy (non-hydrogen) atoms. The van der Waals surface area contributed by atoms with Crippen molar-refractivity contribution >= 4 is 27.3 Å². The summed E-state index contributed by atoms with van der Waals surface area (Å²) < 4.78 is 26.0. The highest BCUT2D eigenvalue weighted by Gasteiger charge is 2.28. The Morgan fingerprint density at radius 1 is 1.33 bits per heavy atom. The zero-order valence-electron chi connectivity index (χ0n) is 11.0. The lowest BCUT2D eigenvalue weighted by atomic mass is 10.3. The van der Waals surface area contributed by atoms with Gasteiger partial charge in [-0.05, 0) is 12.1 Å². The molecule has 0 bridgehead atoms. The average Bonchev–Trinajstić information content (AvgIpc) is 2.63. The smallest absolute Gasteiger partial charge is 0.292 e. The molecule has 0 radical (unpaired) electrons. The Kier molecular flexibility index (Phi) is 4.09. The number of hydrogen-bond acceptors (Lipinski definition) is 6. The number of hydrogen-bond donors (Lipinski definition) is 2. The molecule has 1 heterocycles. The molecule has 1 aromatic rings. The molecule has 0 atom stereocenters. The first-order valence-electron chi connectivity index (χ1n) is 6.13. The summed E-state index contributed by atoms with van der Waals surface area (Å²) in [6, 6.07) is 3.26. The summed E-state index contributed by atoms with van der Waals surface area (Å²) in [5, 5.41) is 13.3. The number of nitro benzene ring substituents is 1. The second-order valence-corrected chi connectivity index (χ2v) is 6.42. The first-order chi connectivity index (χ1) is 9.82. The van der Waals surface area contributed by atoms with Gasteiger partial charge in [0.15, 0.2) is 0 Å². The largest absolute Gasteiger partial charge is 0.393 e. The third-order valence-corrected chi connectivity index (χ3v) is 5.00. The number of carbonyl (C=O) groups is 1. The van der Waals surface area contributed by atoms with E-state index in [1.54, 1.807) is 0 Å². The molecular formula is C11H14N4O5S. The van der Waals surface area contributed by atoms with E-state index < -0.39 is 14.9 Å². The topological polar surface area (TPSA) is 136 Å². The molecule has 2 rings (SSSR count). The summed E-state index contributed by atoms with van der Waals surface area (Å²) >= 11 is 0. The number of rotatable bonds is 3. The summed E-state index contributed by atoms with van der Waals surface area (Å²) in [6.45, 7) is 0.427. The van der Waals surface area contributed by atoms with Crippen LogP contribution in [0, 0.1) is 10.1 Å². The van der Waals surface area contributed by atoms with Gasteiger partial charge in [0, 0.05) is 32.1 Å². The van der Waals surface area contributed by atoms with Crippen LogP contribution in [0.2, 0.25) is 0 Å². The highest BCUT2D eigenvalue weighted by atomic mass is 32.2. The zero-order valence-corrected chi connectivity index (χ0v) is 11.8. The minimum absolute atomic E-state index is 0.0606. The van der Waals surface area contributed by atoms with Crippen LogP contribution in [-0.2, 0) is 14.8 Å². The van der Waals surface area contributed by atoms with Gasteiger partial charge in [-0.15, -0.1) is 0 Å². The van der Waals surface area contributed by atoms with Gasteiger partial charge in [-0.3, -0.25) is 14.9 Å². The number of anilines is 1. The van der Waals surface area contributed by atoms with Gasteiger partial charge >= 0.3 is 0 Å². The lowest BCUT2D eigenvalue weighted by Crippen LogP contribution is -2.34. The molecule has 1 saturated heterocycles. The molecule has 114 valence electrons. The fourth-order valence-electron chi connectivity index (χ4n) is 2.00. The predicted molar refractivity (Wildman–Crippen MR) is 73.9 cm³/mol. The monoisotopic (exact) mass is 314 g/mol. The first kappa shape index (κ1) is 15.2. The van der Waals surface area contributed by atoms with E-state index in [-0.39, 0.29) is 48.2 Å². The maximum Gasteiger partial charge on any atom is 0.292 e. The minimum Gasteiger partial charge on any atom is -0.393 e. The number of nitrogens with zero attached hydrogens (tertiary/aromatic N) is 2. The lowest BCUT2D eigenvalue weighted by Gasteiger charge is -2.19. The van der Waals surface area contributed by atoms with Gasteiger partial charge in [0.1, 0.15) is 5.69 Å². The van der Waals surface area contributed by atoms with Crippen LogP contribution in [0.3, 0.4) is 0 Å². The van der Waals surface area contributed by atoms with E-state index in [0.717, 1.165) is 22.5 Å². The van der Waals surface area contributed by atoms with Gasteiger partial charge in [0.05, 0.1) is 9.82 Å². The van der Waals surface area contributed by atoms with E-state index in [4.69, 9.17) is 5.73 Å².